The Hall–Kier alpha value is -1.28. The highest BCUT2D eigenvalue weighted by molar-refractivity contribution is 7.12. The molecule has 96 valence electrons. The molecule has 0 aliphatic carbocycles. The van der Waals surface area contributed by atoms with Gasteiger partial charge in [0.1, 0.15) is 0 Å². The van der Waals surface area contributed by atoms with Crippen molar-refractivity contribution >= 4 is 17.0 Å². The summed E-state index contributed by atoms with van der Waals surface area (Å²) in [5.41, 5.74) is 2.71. The van der Waals surface area contributed by atoms with Gasteiger partial charge in [-0.2, -0.15) is 0 Å². The summed E-state index contributed by atoms with van der Waals surface area (Å²) >= 11 is 1.91. The van der Waals surface area contributed by atoms with Gasteiger partial charge in [-0.1, -0.05) is 38.5 Å². The molecule has 0 unspecified atom stereocenters. The molecule has 0 saturated heterocycles. The van der Waals surface area contributed by atoms with Crippen molar-refractivity contribution in [2.75, 3.05) is 5.32 Å². The fraction of sp³-hybridized carbons (Fsp3) is 0.375. The molecule has 1 aromatic heterocycles. The van der Waals surface area contributed by atoms with Gasteiger partial charge >= 0.3 is 0 Å². The molecule has 0 aliphatic heterocycles. The lowest BCUT2D eigenvalue weighted by atomic mass is 10.1. The number of aryl methyl sites for hydroxylation is 2. The van der Waals surface area contributed by atoms with Crippen LogP contribution in [0.25, 0.3) is 0 Å². The number of thiophene rings is 1. The second-order valence-electron chi connectivity index (χ2n) is 4.48. The molecule has 1 aromatic carbocycles. The van der Waals surface area contributed by atoms with Crippen LogP contribution in [-0.4, -0.2) is 0 Å². The fourth-order valence-corrected chi connectivity index (χ4v) is 2.97. The third-order valence-electron chi connectivity index (χ3n) is 3.06. The maximum atomic E-state index is 3.56. The molecule has 0 spiro atoms. The minimum atomic E-state index is 0.936. The summed E-state index contributed by atoms with van der Waals surface area (Å²) in [6, 6.07) is 13.1. The van der Waals surface area contributed by atoms with Crippen LogP contribution in [-0.2, 0) is 19.4 Å². The minimum absolute atomic E-state index is 0.936. The lowest BCUT2D eigenvalue weighted by molar-refractivity contribution is 0.920. The summed E-state index contributed by atoms with van der Waals surface area (Å²) in [5.74, 6) is 0. The van der Waals surface area contributed by atoms with Gasteiger partial charge in [-0.25, -0.2) is 0 Å². The van der Waals surface area contributed by atoms with Gasteiger partial charge in [0.25, 0.3) is 0 Å². The number of nitrogens with one attached hydrogen (secondary N) is 1. The quantitative estimate of drug-likeness (QED) is 0.780. The Labute approximate surface area is 114 Å². The SMILES string of the molecule is CCCc1ccccc1NCc1ccc(CC)s1. The van der Waals surface area contributed by atoms with Crippen LogP contribution < -0.4 is 5.32 Å². The van der Waals surface area contributed by atoms with Crippen molar-refractivity contribution in [3.63, 3.8) is 0 Å². The number of hydrogen-bond donors (Lipinski definition) is 1. The first-order valence-electron chi connectivity index (χ1n) is 6.72. The van der Waals surface area contributed by atoms with Gasteiger partial charge in [-0.15, -0.1) is 11.3 Å². The molecule has 0 atom stereocenters. The van der Waals surface area contributed by atoms with E-state index in [1.165, 1.54) is 27.4 Å². The molecule has 1 heterocycles. The van der Waals surface area contributed by atoms with Crippen molar-refractivity contribution in [2.24, 2.45) is 0 Å². The predicted molar refractivity (Wildman–Crippen MR) is 81.5 cm³/mol. The van der Waals surface area contributed by atoms with Crippen LogP contribution in [0.5, 0.6) is 0 Å². The summed E-state index contributed by atoms with van der Waals surface area (Å²) in [5, 5.41) is 3.56. The zero-order valence-electron chi connectivity index (χ0n) is 11.2. The highest BCUT2D eigenvalue weighted by Crippen LogP contribution is 2.21. The van der Waals surface area contributed by atoms with Gasteiger partial charge in [-0.3, -0.25) is 0 Å². The maximum Gasteiger partial charge on any atom is 0.0494 e. The molecule has 2 rings (SSSR count). The number of anilines is 1. The van der Waals surface area contributed by atoms with E-state index in [2.05, 4.69) is 55.6 Å². The summed E-state index contributed by atoms with van der Waals surface area (Å²) in [7, 11) is 0. The lowest BCUT2D eigenvalue weighted by Gasteiger charge is -2.10. The van der Waals surface area contributed by atoms with Crippen molar-refractivity contribution in [3.8, 4) is 0 Å². The first kappa shape index (κ1) is 13.2. The van der Waals surface area contributed by atoms with Gasteiger partial charge < -0.3 is 5.32 Å². The van der Waals surface area contributed by atoms with E-state index < -0.39 is 0 Å². The molecule has 2 aromatic rings. The number of para-hydroxylation sites is 1. The van der Waals surface area contributed by atoms with E-state index in [1.807, 2.05) is 11.3 Å². The van der Waals surface area contributed by atoms with E-state index in [1.54, 1.807) is 0 Å². The second-order valence-corrected chi connectivity index (χ2v) is 5.74. The molecular formula is C16H21NS. The first-order chi connectivity index (χ1) is 8.83. The summed E-state index contributed by atoms with van der Waals surface area (Å²) < 4.78 is 0. The lowest BCUT2D eigenvalue weighted by Crippen LogP contribution is -2.00. The van der Waals surface area contributed by atoms with Crippen LogP contribution in [0.4, 0.5) is 5.69 Å². The fourth-order valence-electron chi connectivity index (χ4n) is 2.07. The molecule has 0 bridgehead atoms. The third kappa shape index (κ3) is 3.36. The van der Waals surface area contributed by atoms with Gasteiger partial charge in [0, 0.05) is 22.0 Å². The highest BCUT2D eigenvalue weighted by Gasteiger charge is 2.02. The molecule has 1 N–H and O–H groups in total. The van der Waals surface area contributed by atoms with E-state index in [4.69, 9.17) is 0 Å². The Morgan fingerprint density at radius 3 is 2.50 bits per heavy atom. The molecule has 0 amide bonds. The molecule has 0 radical (unpaired) electrons. The van der Waals surface area contributed by atoms with Crippen LogP contribution in [0.3, 0.4) is 0 Å². The zero-order valence-corrected chi connectivity index (χ0v) is 12.0. The van der Waals surface area contributed by atoms with E-state index >= 15 is 0 Å². The van der Waals surface area contributed by atoms with Crippen molar-refractivity contribution in [3.05, 3.63) is 51.7 Å². The summed E-state index contributed by atoms with van der Waals surface area (Å²) in [4.78, 5) is 2.88. The molecular weight excluding hydrogens is 238 g/mol. The van der Waals surface area contributed by atoms with Gasteiger partial charge in [0.15, 0.2) is 0 Å². The van der Waals surface area contributed by atoms with E-state index in [0.29, 0.717) is 0 Å². The monoisotopic (exact) mass is 259 g/mol. The van der Waals surface area contributed by atoms with Crippen LogP contribution >= 0.6 is 11.3 Å². The van der Waals surface area contributed by atoms with Crippen molar-refractivity contribution in [2.45, 2.75) is 39.7 Å². The Balaban J connectivity index is 2.01. The second kappa shape index (κ2) is 6.60. The number of benzene rings is 1. The van der Waals surface area contributed by atoms with E-state index in [0.717, 1.165) is 19.4 Å². The van der Waals surface area contributed by atoms with Crippen molar-refractivity contribution < 1.29 is 0 Å². The Morgan fingerprint density at radius 1 is 1.00 bits per heavy atom. The average molecular weight is 259 g/mol. The average Bonchev–Trinajstić information content (AvgIpc) is 2.86. The number of rotatable bonds is 6. The van der Waals surface area contributed by atoms with Crippen molar-refractivity contribution in [1.29, 1.82) is 0 Å². The van der Waals surface area contributed by atoms with Gasteiger partial charge in [0.05, 0.1) is 0 Å². The highest BCUT2D eigenvalue weighted by atomic mass is 32.1. The molecule has 18 heavy (non-hydrogen) atoms. The normalized spacial score (nSPS) is 10.6. The van der Waals surface area contributed by atoms with Crippen molar-refractivity contribution in [1.82, 2.24) is 0 Å². The maximum absolute atomic E-state index is 3.56. The molecule has 1 nitrogen and oxygen atoms in total. The van der Waals surface area contributed by atoms with Gasteiger partial charge in [-0.05, 0) is 36.6 Å². The first-order valence-corrected chi connectivity index (χ1v) is 7.54. The largest absolute Gasteiger partial charge is 0.380 e. The minimum Gasteiger partial charge on any atom is -0.380 e. The Kier molecular flexibility index (Phi) is 4.82. The molecule has 2 heteroatoms. The molecule has 0 saturated carbocycles. The van der Waals surface area contributed by atoms with Crippen LogP contribution in [0.15, 0.2) is 36.4 Å². The van der Waals surface area contributed by atoms with E-state index in [9.17, 15) is 0 Å². The number of hydrogen-bond acceptors (Lipinski definition) is 2. The summed E-state index contributed by atoms with van der Waals surface area (Å²) in [6.07, 6.45) is 3.47. The summed E-state index contributed by atoms with van der Waals surface area (Å²) in [6.45, 7) is 5.37. The molecule has 0 fully saturated rings. The third-order valence-corrected chi connectivity index (χ3v) is 4.29. The van der Waals surface area contributed by atoms with E-state index in [-0.39, 0.29) is 0 Å². The Bertz CT molecular complexity index is 487. The molecule has 0 aliphatic rings. The van der Waals surface area contributed by atoms with Crippen LogP contribution in [0, 0.1) is 0 Å². The topological polar surface area (TPSA) is 12.0 Å². The van der Waals surface area contributed by atoms with Crippen LogP contribution in [0.1, 0.15) is 35.6 Å². The smallest absolute Gasteiger partial charge is 0.0494 e. The van der Waals surface area contributed by atoms with Crippen LogP contribution in [0.2, 0.25) is 0 Å². The van der Waals surface area contributed by atoms with Gasteiger partial charge in [0.2, 0.25) is 0 Å². The Morgan fingerprint density at radius 2 is 1.78 bits per heavy atom. The standard InChI is InChI=1S/C16H21NS/c1-3-7-13-8-5-6-9-16(13)17-12-15-11-10-14(4-2)18-15/h5-6,8-11,17H,3-4,7,12H2,1-2H3. The zero-order chi connectivity index (χ0) is 12.8. The predicted octanol–water partition coefficient (Wildman–Crippen LogP) is 4.88.